The molecule has 1 saturated heterocycles. The summed E-state index contributed by atoms with van der Waals surface area (Å²) in [5, 5.41) is 0. The molecule has 0 aromatic heterocycles. The molecule has 5 rings (SSSR count). The van der Waals surface area contributed by atoms with Crippen molar-refractivity contribution in [2.75, 3.05) is 13.2 Å². The Labute approximate surface area is 192 Å². The fraction of sp³-hybridized carbons (Fsp3) is 0.571. The number of hydrogen-bond acceptors (Lipinski definition) is 4. The predicted molar refractivity (Wildman–Crippen MR) is 125 cm³/mol. The normalized spacial score (nSPS) is 25.4. The molecule has 32 heavy (non-hydrogen) atoms. The van der Waals surface area contributed by atoms with E-state index in [0.717, 1.165) is 11.5 Å². The van der Waals surface area contributed by atoms with Gasteiger partial charge in [-0.15, -0.1) is 0 Å². The standard InChI is InChI=1S/C28H36O4/c1-3-7-21(8-4-1)23-11-15-25(16-12-23)31-27-28(30-20-19-29-27)32-26-17-13-24(14-18-26)22-9-5-2-6-10-22/h11-18,21-22,27-28H,1-10,19-20H2/t27-,28-/m0/s1. The first kappa shape index (κ1) is 21.8. The molecule has 2 saturated carbocycles. The first-order chi connectivity index (χ1) is 15.8. The molecule has 0 spiro atoms. The molecule has 0 amide bonds. The van der Waals surface area contributed by atoms with Gasteiger partial charge >= 0.3 is 0 Å². The van der Waals surface area contributed by atoms with E-state index in [1.165, 1.54) is 75.3 Å². The average molecular weight is 437 g/mol. The van der Waals surface area contributed by atoms with Crippen LogP contribution in [0.4, 0.5) is 0 Å². The van der Waals surface area contributed by atoms with Gasteiger partial charge in [0, 0.05) is 0 Å². The van der Waals surface area contributed by atoms with E-state index in [9.17, 15) is 0 Å². The van der Waals surface area contributed by atoms with E-state index in [1.807, 2.05) is 0 Å². The summed E-state index contributed by atoms with van der Waals surface area (Å²) in [6.07, 6.45) is 12.2. The quantitative estimate of drug-likeness (QED) is 0.491. The minimum Gasteiger partial charge on any atom is -0.458 e. The molecule has 3 fully saturated rings. The van der Waals surface area contributed by atoms with Gasteiger partial charge in [0.1, 0.15) is 11.5 Å². The third kappa shape index (κ3) is 5.47. The van der Waals surface area contributed by atoms with Crippen molar-refractivity contribution in [3.8, 4) is 11.5 Å². The fourth-order valence-electron chi connectivity index (χ4n) is 5.44. The van der Waals surface area contributed by atoms with E-state index >= 15 is 0 Å². The average Bonchev–Trinajstić information content (AvgIpc) is 2.87. The topological polar surface area (TPSA) is 36.9 Å². The van der Waals surface area contributed by atoms with Crippen molar-refractivity contribution in [3.05, 3.63) is 59.7 Å². The Hall–Kier alpha value is -2.04. The molecule has 0 unspecified atom stereocenters. The first-order valence-corrected chi connectivity index (χ1v) is 12.6. The van der Waals surface area contributed by atoms with Crippen molar-refractivity contribution in [1.82, 2.24) is 0 Å². The lowest BCUT2D eigenvalue weighted by atomic mass is 9.84. The zero-order valence-electron chi connectivity index (χ0n) is 19.0. The molecule has 1 heterocycles. The van der Waals surface area contributed by atoms with E-state index in [1.54, 1.807) is 0 Å². The van der Waals surface area contributed by atoms with Gasteiger partial charge in [0.2, 0.25) is 0 Å². The zero-order valence-corrected chi connectivity index (χ0v) is 19.0. The molecule has 3 aliphatic rings. The van der Waals surface area contributed by atoms with Crippen LogP contribution in [0.15, 0.2) is 48.5 Å². The van der Waals surface area contributed by atoms with Gasteiger partial charge in [-0.2, -0.15) is 0 Å². The van der Waals surface area contributed by atoms with E-state index in [-0.39, 0.29) is 0 Å². The van der Waals surface area contributed by atoms with E-state index in [4.69, 9.17) is 18.9 Å². The summed E-state index contributed by atoms with van der Waals surface area (Å²) >= 11 is 0. The second-order valence-corrected chi connectivity index (χ2v) is 9.52. The van der Waals surface area contributed by atoms with Gasteiger partial charge in [0.15, 0.2) is 0 Å². The highest BCUT2D eigenvalue weighted by molar-refractivity contribution is 5.31. The highest BCUT2D eigenvalue weighted by Crippen LogP contribution is 2.35. The van der Waals surface area contributed by atoms with Crippen molar-refractivity contribution in [2.24, 2.45) is 0 Å². The van der Waals surface area contributed by atoms with Crippen LogP contribution in [0.5, 0.6) is 11.5 Å². The van der Waals surface area contributed by atoms with E-state index < -0.39 is 12.6 Å². The molecule has 0 N–H and O–H groups in total. The lowest BCUT2D eigenvalue weighted by Gasteiger charge is -2.32. The van der Waals surface area contributed by atoms with Crippen LogP contribution < -0.4 is 9.47 Å². The minimum atomic E-state index is -0.581. The molecule has 1 aliphatic heterocycles. The van der Waals surface area contributed by atoms with Crippen molar-refractivity contribution >= 4 is 0 Å². The number of benzene rings is 2. The van der Waals surface area contributed by atoms with Crippen molar-refractivity contribution in [3.63, 3.8) is 0 Å². The van der Waals surface area contributed by atoms with Crippen LogP contribution in [0, 0.1) is 0 Å². The third-order valence-electron chi connectivity index (χ3n) is 7.29. The summed E-state index contributed by atoms with van der Waals surface area (Å²) in [4.78, 5) is 0. The van der Waals surface area contributed by atoms with Crippen LogP contribution in [0.1, 0.15) is 87.2 Å². The summed E-state index contributed by atoms with van der Waals surface area (Å²) in [5.41, 5.74) is 2.84. The molecule has 4 nitrogen and oxygen atoms in total. The summed E-state index contributed by atoms with van der Waals surface area (Å²) in [5.74, 6) is 2.97. The van der Waals surface area contributed by atoms with Crippen molar-refractivity contribution in [1.29, 1.82) is 0 Å². The Morgan fingerprint density at radius 2 is 0.875 bits per heavy atom. The van der Waals surface area contributed by atoms with Gasteiger partial charge in [0.25, 0.3) is 12.6 Å². The Morgan fingerprint density at radius 1 is 0.500 bits per heavy atom. The second-order valence-electron chi connectivity index (χ2n) is 9.52. The number of hydrogen-bond donors (Lipinski definition) is 0. The van der Waals surface area contributed by atoms with Gasteiger partial charge in [-0.05, 0) is 72.9 Å². The largest absolute Gasteiger partial charge is 0.458 e. The van der Waals surface area contributed by atoms with E-state index in [2.05, 4.69) is 48.5 Å². The monoisotopic (exact) mass is 436 g/mol. The smallest absolute Gasteiger partial charge is 0.263 e. The molecule has 4 heteroatoms. The van der Waals surface area contributed by atoms with Crippen LogP contribution >= 0.6 is 0 Å². The van der Waals surface area contributed by atoms with Crippen molar-refractivity contribution < 1.29 is 18.9 Å². The Morgan fingerprint density at radius 3 is 1.25 bits per heavy atom. The summed E-state index contributed by atoms with van der Waals surface area (Å²) < 4.78 is 24.0. The van der Waals surface area contributed by atoms with Gasteiger partial charge < -0.3 is 18.9 Å². The lowest BCUT2D eigenvalue weighted by molar-refractivity contribution is -0.271. The summed E-state index contributed by atoms with van der Waals surface area (Å²) in [7, 11) is 0. The van der Waals surface area contributed by atoms with E-state index in [0.29, 0.717) is 25.0 Å². The minimum absolute atomic E-state index is 0.505. The highest BCUT2D eigenvalue weighted by atomic mass is 16.8. The van der Waals surface area contributed by atoms with Crippen LogP contribution in [0.2, 0.25) is 0 Å². The van der Waals surface area contributed by atoms with Crippen LogP contribution in [0.3, 0.4) is 0 Å². The van der Waals surface area contributed by atoms with Gasteiger partial charge in [-0.3, -0.25) is 0 Å². The third-order valence-corrected chi connectivity index (χ3v) is 7.29. The molecule has 172 valence electrons. The maximum atomic E-state index is 6.13. The summed E-state index contributed by atoms with van der Waals surface area (Å²) in [6.45, 7) is 1.01. The maximum absolute atomic E-state index is 6.13. The fourth-order valence-corrected chi connectivity index (χ4v) is 5.44. The zero-order chi connectivity index (χ0) is 21.6. The number of rotatable bonds is 6. The second kappa shape index (κ2) is 10.7. The molecule has 2 aromatic carbocycles. The molecule has 0 radical (unpaired) electrons. The van der Waals surface area contributed by atoms with Crippen LogP contribution in [-0.2, 0) is 9.47 Å². The molecular weight excluding hydrogens is 400 g/mol. The first-order valence-electron chi connectivity index (χ1n) is 12.6. The molecule has 0 bridgehead atoms. The maximum Gasteiger partial charge on any atom is 0.263 e. The molecule has 2 aliphatic carbocycles. The Kier molecular flexibility index (Phi) is 7.30. The summed E-state index contributed by atoms with van der Waals surface area (Å²) in [6, 6.07) is 17.0. The van der Waals surface area contributed by atoms with Crippen LogP contribution in [-0.4, -0.2) is 25.8 Å². The number of ether oxygens (including phenoxy) is 4. The van der Waals surface area contributed by atoms with Gasteiger partial charge in [-0.1, -0.05) is 62.8 Å². The highest BCUT2D eigenvalue weighted by Gasteiger charge is 2.31. The predicted octanol–water partition coefficient (Wildman–Crippen LogP) is 6.94. The Bertz CT molecular complexity index is 748. The SMILES string of the molecule is c1cc(C2CCCCC2)ccc1O[C@@H]1OCCO[C@H]1Oc1ccc(C2CCCCC2)cc1. The van der Waals surface area contributed by atoms with Gasteiger partial charge in [-0.25, -0.2) is 0 Å². The molecular formula is C28H36O4. The van der Waals surface area contributed by atoms with Crippen LogP contribution in [0.25, 0.3) is 0 Å². The lowest BCUT2D eigenvalue weighted by Crippen LogP contribution is -2.45. The molecule has 2 aromatic rings. The van der Waals surface area contributed by atoms with Gasteiger partial charge in [0.05, 0.1) is 13.2 Å². The Balaban J connectivity index is 1.19. The molecule has 2 atom stereocenters. The van der Waals surface area contributed by atoms with Crippen molar-refractivity contribution in [2.45, 2.75) is 88.6 Å².